The minimum atomic E-state index is -0.740. The maximum absolute atomic E-state index is 10.4. The number of aromatic hydroxyl groups is 1. The van der Waals surface area contributed by atoms with Crippen molar-refractivity contribution >= 4 is 17.7 Å². The summed E-state index contributed by atoms with van der Waals surface area (Å²) in [6.45, 7) is 6.22. The predicted octanol–water partition coefficient (Wildman–Crippen LogP) is 3.96. The Morgan fingerprint density at radius 3 is 2.60 bits per heavy atom. The van der Waals surface area contributed by atoms with Gasteiger partial charge >= 0.3 is 5.97 Å². The maximum atomic E-state index is 10.4. The lowest BCUT2D eigenvalue weighted by Gasteiger charge is -2.14. The van der Waals surface area contributed by atoms with Gasteiger partial charge in [0.1, 0.15) is 5.75 Å². The molecule has 1 rings (SSSR count). The van der Waals surface area contributed by atoms with Crippen LogP contribution in [0.4, 0.5) is 0 Å². The Bertz CT molecular complexity index is 455. The Kier molecular flexibility index (Phi) is 6.93. The van der Waals surface area contributed by atoms with Crippen LogP contribution in [0.15, 0.2) is 12.1 Å². The summed E-state index contributed by atoms with van der Waals surface area (Å²) in [6, 6.07) is 4.09. The maximum Gasteiger partial charge on any atom is 0.304 e. The van der Waals surface area contributed by atoms with E-state index in [-0.39, 0.29) is 6.42 Å². The summed E-state index contributed by atoms with van der Waals surface area (Å²) in [5.41, 5.74) is 3.20. The van der Waals surface area contributed by atoms with Gasteiger partial charge in [0.05, 0.1) is 6.42 Å². The fourth-order valence-corrected chi connectivity index (χ4v) is 3.01. The molecule has 0 radical (unpaired) electrons. The Balaban J connectivity index is 2.49. The zero-order valence-corrected chi connectivity index (χ0v) is 13.3. The molecule has 0 aliphatic carbocycles. The summed E-state index contributed by atoms with van der Waals surface area (Å²) in [6.07, 6.45) is 2.02. The molecule has 112 valence electrons. The molecule has 0 saturated carbocycles. The van der Waals surface area contributed by atoms with Crippen molar-refractivity contribution < 1.29 is 15.0 Å². The summed E-state index contributed by atoms with van der Waals surface area (Å²) >= 11 is 1.66. The van der Waals surface area contributed by atoms with Gasteiger partial charge in [0.2, 0.25) is 0 Å². The number of aryl methyl sites for hydroxylation is 2. The van der Waals surface area contributed by atoms with Crippen molar-refractivity contribution in [3.05, 3.63) is 28.8 Å². The van der Waals surface area contributed by atoms with E-state index < -0.39 is 5.97 Å². The average molecular weight is 296 g/mol. The van der Waals surface area contributed by atoms with E-state index in [0.29, 0.717) is 17.4 Å². The number of phenols is 1. The van der Waals surface area contributed by atoms with Gasteiger partial charge in [0.15, 0.2) is 0 Å². The molecule has 0 aliphatic heterocycles. The van der Waals surface area contributed by atoms with E-state index in [1.807, 2.05) is 12.1 Å². The van der Waals surface area contributed by atoms with Crippen LogP contribution in [0.3, 0.4) is 0 Å². The third-order valence-corrected chi connectivity index (χ3v) is 4.25. The van der Waals surface area contributed by atoms with E-state index in [1.54, 1.807) is 11.8 Å². The molecule has 1 aromatic carbocycles. The number of hydrogen-bond donors (Lipinski definition) is 2. The monoisotopic (exact) mass is 296 g/mol. The standard InChI is InChI=1S/C16H24O3S/c1-11(2)14-10-12(3)9-13(16(14)19)5-4-7-20-8-6-15(17)18/h9-11,19H,4-8H2,1-3H3,(H,17,18). The highest BCUT2D eigenvalue weighted by molar-refractivity contribution is 7.99. The zero-order valence-electron chi connectivity index (χ0n) is 12.5. The molecule has 0 spiro atoms. The molecule has 0 fully saturated rings. The van der Waals surface area contributed by atoms with Crippen LogP contribution in [0, 0.1) is 6.92 Å². The quantitative estimate of drug-likeness (QED) is 0.713. The molecule has 0 saturated heterocycles. The van der Waals surface area contributed by atoms with Gasteiger partial charge in [0.25, 0.3) is 0 Å². The van der Waals surface area contributed by atoms with Gasteiger partial charge in [-0.1, -0.05) is 31.5 Å². The van der Waals surface area contributed by atoms with E-state index in [4.69, 9.17) is 5.11 Å². The van der Waals surface area contributed by atoms with Crippen molar-refractivity contribution in [2.45, 2.75) is 46.0 Å². The van der Waals surface area contributed by atoms with Crippen LogP contribution in [-0.2, 0) is 11.2 Å². The number of hydrogen-bond acceptors (Lipinski definition) is 3. The molecule has 20 heavy (non-hydrogen) atoms. The normalized spacial score (nSPS) is 11.0. The number of aliphatic carboxylic acids is 1. The van der Waals surface area contributed by atoms with E-state index >= 15 is 0 Å². The average Bonchev–Trinajstić information content (AvgIpc) is 2.36. The molecule has 1 aromatic rings. The largest absolute Gasteiger partial charge is 0.507 e. The molecule has 0 aromatic heterocycles. The molecule has 0 aliphatic rings. The smallest absolute Gasteiger partial charge is 0.304 e. The van der Waals surface area contributed by atoms with Crippen molar-refractivity contribution in [2.24, 2.45) is 0 Å². The van der Waals surface area contributed by atoms with E-state index in [0.717, 1.165) is 29.7 Å². The molecular formula is C16H24O3S. The van der Waals surface area contributed by atoms with Crippen LogP contribution in [-0.4, -0.2) is 27.7 Å². The SMILES string of the molecule is Cc1cc(CCCSCCC(=O)O)c(O)c(C(C)C)c1. The number of benzene rings is 1. The highest BCUT2D eigenvalue weighted by atomic mass is 32.2. The second-order valence-electron chi connectivity index (χ2n) is 5.38. The highest BCUT2D eigenvalue weighted by Gasteiger charge is 2.11. The van der Waals surface area contributed by atoms with Crippen LogP contribution in [0.25, 0.3) is 0 Å². The summed E-state index contributed by atoms with van der Waals surface area (Å²) in [7, 11) is 0. The van der Waals surface area contributed by atoms with Crippen LogP contribution < -0.4 is 0 Å². The zero-order chi connectivity index (χ0) is 15.1. The fraction of sp³-hybridized carbons (Fsp3) is 0.562. The van der Waals surface area contributed by atoms with Crippen LogP contribution in [0.5, 0.6) is 5.75 Å². The van der Waals surface area contributed by atoms with Gasteiger partial charge in [-0.2, -0.15) is 11.8 Å². The Labute approximate surface area is 125 Å². The van der Waals surface area contributed by atoms with Gasteiger partial charge in [-0.05, 0) is 42.6 Å². The predicted molar refractivity (Wildman–Crippen MR) is 84.8 cm³/mol. The van der Waals surface area contributed by atoms with E-state index in [1.165, 1.54) is 5.56 Å². The van der Waals surface area contributed by atoms with Crippen molar-refractivity contribution in [1.29, 1.82) is 0 Å². The second kappa shape index (κ2) is 8.20. The van der Waals surface area contributed by atoms with Gasteiger partial charge in [-0.3, -0.25) is 4.79 Å². The summed E-state index contributed by atoms with van der Waals surface area (Å²) in [5.74, 6) is 1.60. The molecule has 0 unspecified atom stereocenters. The van der Waals surface area contributed by atoms with Crippen molar-refractivity contribution in [2.75, 3.05) is 11.5 Å². The lowest BCUT2D eigenvalue weighted by atomic mass is 9.95. The summed E-state index contributed by atoms with van der Waals surface area (Å²) in [5, 5.41) is 18.8. The van der Waals surface area contributed by atoms with Gasteiger partial charge in [0, 0.05) is 5.75 Å². The van der Waals surface area contributed by atoms with Crippen LogP contribution >= 0.6 is 11.8 Å². The van der Waals surface area contributed by atoms with Gasteiger partial charge in [-0.25, -0.2) is 0 Å². The van der Waals surface area contributed by atoms with Crippen LogP contribution in [0.1, 0.15) is 49.3 Å². The number of carboxylic acid groups (broad SMARTS) is 1. The molecule has 0 amide bonds. The third-order valence-electron chi connectivity index (χ3n) is 3.18. The second-order valence-corrected chi connectivity index (χ2v) is 6.60. The lowest BCUT2D eigenvalue weighted by Crippen LogP contribution is -1.98. The number of carbonyl (C=O) groups is 1. The number of rotatable bonds is 8. The Morgan fingerprint density at radius 2 is 2.00 bits per heavy atom. The Morgan fingerprint density at radius 1 is 1.30 bits per heavy atom. The number of carboxylic acids is 1. The minimum absolute atomic E-state index is 0.220. The first-order valence-corrected chi connectivity index (χ1v) is 8.19. The molecule has 3 nitrogen and oxygen atoms in total. The van der Waals surface area contributed by atoms with Crippen molar-refractivity contribution in [3.63, 3.8) is 0 Å². The van der Waals surface area contributed by atoms with Gasteiger partial charge in [-0.15, -0.1) is 0 Å². The fourth-order valence-electron chi connectivity index (χ4n) is 2.14. The summed E-state index contributed by atoms with van der Waals surface area (Å²) < 4.78 is 0. The molecular weight excluding hydrogens is 272 g/mol. The lowest BCUT2D eigenvalue weighted by molar-refractivity contribution is -0.136. The first kappa shape index (κ1) is 16.9. The minimum Gasteiger partial charge on any atom is -0.507 e. The highest BCUT2D eigenvalue weighted by Crippen LogP contribution is 2.31. The number of phenolic OH excluding ortho intramolecular Hbond substituents is 1. The van der Waals surface area contributed by atoms with E-state index in [9.17, 15) is 9.90 Å². The molecule has 4 heteroatoms. The topological polar surface area (TPSA) is 57.5 Å². The molecule has 0 heterocycles. The van der Waals surface area contributed by atoms with Gasteiger partial charge < -0.3 is 10.2 Å². The third kappa shape index (κ3) is 5.45. The van der Waals surface area contributed by atoms with Crippen molar-refractivity contribution in [1.82, 2.24) is 0 Å². The van der Waals surface area contributed by atoms with Crippen LogP contribution in [0.2, 0.25) is 0 Å². The molecule has 0 atom stereocenters. The first-order valence-electron chi connectivity index (χ1n) is 7.03. The van der Waals surface area contributed by atoms with Crippen molar-refractivity contribution in [3.8, 4) is 5.75 Å². The summed E-state index contributed by atoms with van der Waals surface area (Å²) in [4.78, 5) is 10.4. The van der Waals surface area contributed by atoms with E-state index in [2.05, 4.69) is 20.8 Å². The number of thioether (sulfide) groups is 1. The Hall–Kier alpha value is -1.16. The first-order chi connectivity index (χ1) is 9.41. The molecule has 0 bridgehead atoms. The molecule has 2 N–H and O–H groups in total.